The Morgan fingerprint density at radius 2 is 1.73 bits per heavy atom. The normalized spacial score (nSPS) is 35.6. The van der Waals surface area contributed by atoms with Crippen LogP contribution in [0, 0.1) is 5.92 Å². The van der Waals surface area contributed by atoms with Gasteiger partial charge in [0.25, 0.3) is 0 Å². The van der Waals surface area contributed by atoms with Crippen LogP contribution in [-0.2, 0) is 28.5 Å². The van der Waals surface area contributed by atoms with Gasteiger partial charge in [0, 0.05) is 19.3 Å². The van der Waals surface area contributed by atoms with Crippen molar-refractivity contribution in [1.29, 1.82) is 0 Å². The fraction of sp³-hybridized carbons (Fsp3) is 0.538. The van der Waals surface area contributed by atoms with Crippen molar-refractivity contribution in [1.82, 2.24) is 0 Å². The molecule has 0 bridgehead atoms. The molecule has 1 aliphatic carbocycles. The maximum atomic E-state index is 12.4. The largest absolute Gasteiger partial charge is 0.478 e. The van der Waals surface area contributed by atoms with E-state index in [2.05, 4.69) is 26.8 Å². The van der Waals surface area contributed by atoms with Crippen molar-refractivity contribution in [2.75, 3.05) is 13.7 Å². The van der Waals surface area contributed by atoms with Crippen LogP contribution in [0.15, 0.2) is 60.3 Å². The monoisotopic (exact) mass is 458 g/mol. The van der Waals surface area contributed by atoms with E-state index in [-0.39, 0.29) is 35.4 Å². The number of rotatable bonds is 10. The molecule has 3 aliphatic rings. The summed E-state index contributed by atoms with van der Waals surface area (Å²) in [5.41, 5.74) is 0.642. The highest BCUT2D eigenvalue weighted by molar-refractivity contribution is 5.82. The Morgan fingerprint density at radius 3 is 2.30 bits per heavy atom. The van der Waals surface area contributed by atoms with Gasteiger partial charge in [-0.1, -0.05) is 48.1 Å². The summed E-state index contributed by atoms with van der Waals surface area (Å²) in [5.74, 6) is -1.45. The molecule has 0 aromatic carbocycles. The Hall–Kier alpha value is -2.48. The minimum Gasteiger partial charge on any atom is -0.478 e. The van der Waals surface area contributed by atoms with Gasteiger partial charge in [0.05, 0.1) is 18.6 Å². The summed E-state index contributed by atoms with van der Waals surface area (Å²) in [6.07, 6.45) is 16.0. The quantitative estimate of drug-likeness (QED) is 0.174. The van der Waals surface area contributed by atoms with E-state index < -0.39 is 11.9 Å². The summed E-state index contributed by atoms with van der Waals surface area (Å²) in [6, 6.07) is 0. The number of aliphatic carboxylic acids is 1. The maximum Gasteiger partial charge on any atom is 0.331 e. The van der Waals surface area contributed by atoms with E-state index in [4.69, 9.17) is 24.1 Å². The molecule has 2 heterocycles. The standard InChI is InChI=1S/C26H34O7/c1-18(2)13-14-20-25(3,33-20)24-23(30-4)19(15-16-26(24)17-31-26)32-22(29)12-10-8-6-5-7-9-11-21(27)28/h5-13,19-20,23-24H,14-17H2,1-4H3,(H,27,28)/b7-5+,8-6+,11-9+,12-10+/t19-,20-,23-,24-,25+,26+/m0/s1. The van der Waals surface area contributed by atoms with Crippen molar-refractivity contribution < 1.29 is 33.6 Å². The maximum absolute atomic E-state index is 12.4. The summed E-state index contributed by atoms with van der Waals surface area (Å²) < 4.78 is 23.8. The Kier molecular flexibility index (Phi) is 8.10. The van der Waals surface area contributed by atoms with Gasteiger partial charge < -0.3 is 24.1 Å². The molecule has 180 valence electrons. The number of esters is 1. The lowest BCUT2D eigenvalue weighted by atomic mass is 9.68. The van der Waals surface area contributed by atoms with E-state index in [0.717, 1.165) is 18.9 Å². The molecule has 7 nitrogen and oxygen atoms in total. The summed E-state index contributed by atoms with van der Waals surface area (Å²) >= 11 is 0. The number of hydrogen-bond acceptors (Lipinski definition) is 6. The number of carbonyl (C=O) groups is 2. The highest BCUT2D eigenvalue weighted by Gasteiger charge is 2.72. The third-order valence-electron chi connectivity index (χ3n) is 6.53. The van der Waals surface area contributed by atoms with E-state index in [0.29, 0.717) is 13.0 Å². The number of carbonyl (C=O) groups excluding carboxylic acids is 1. The van der Waals surface area contributed by atoms with Crippen LogP contribution in [0.4, 0.5) is 0 Å². The summed E-state index contributed by atoms with van der Waals surface area (Å²) in [6.45, 7) is 6.96. The average Bonchev–Trinajstić information content (AvgIpc) is 3.67. The van der Waals surface area contributed by atoms with E-state index in [9.17, 15) is 9.59 Å². The molecule has 2 saturated heterocycles. The number of hydrogen-bond donors (Lipinski definition) is 1. The SMILES string of the molecule is CO[C@H]1[C@@H](OC(=O)/C=C/C=C/C=C/C=C/C(=O)O)CC[C@@]2(CO2)[C@@H]1[C@]1(C)O[C@H]1CC=C(C)C. The van der Waals surface area contributed by atoms with Crippen LogP contribution < -0.4 is 0 Å². The van der Waals surface area contributed by atoms with Crippen molar-refractivity contribution in [3.8, 4) is 0 Å². The van der Waals surface area contributed by atoms with Crippen molar-refractivity contribution in [3.63, 3.8) is 0 Å². The minimum atomic E-state index is -1.00. The molecule has 3 rings (SSSR count). The number of ether oxygens (including phenoxy) is 4. The summed E-state index contributed by atoms with van der Waals surface area (Å²) in [5, 5.41) is 8.51. The Labute approximate surface area is 195 Å². The highest BCUT2D eigenvalue weighted by Crippen LogP contribution is 2.59. The zero-order chi connectivity index (χ0) is 24.1. The first-order valence-electron chi connectivity index (χ1n) is 11.3. The van der Waals surface area contributed by atoms with Gasteiger partial charge in [-0.25, -0.2) is 9.59 Å². The van der Waals surface area contributed by atoms with Gasteiger partial charge in [-0.2, -0.15) is 0 Å². The van der Waals surface area contributed by atoms with E-state index >= 15 is 0 Å². The first-order valence-corrected chi connectivity index (χ1v) is 11.3. The number of carboxylic acids is 1. The minimum absolute atomic E-state index is 0.00928. The molecule has 0 aromatic rings. The van der Waals surface area contributed by atoms with Gasteiger partial charge in [-0.05, 0) is 40.0 Å². The molecular weight excluding hydrogens is 424 g/mol. The summed E-state index contributed by atoms with van der Waals surface area (Å²) in [7, 11) is 1.65. The number of epoxide rings is 2. The Morgan fingerprint density at radius 1 is 1.09 bits per heavy atom. The van der Waals surface area contributed by atoms with Crippen LogP contribution >= 0.6 is 0 Å². The lowest BCUT2D eigenvalue weighted by Crippen LogP contribution is -2.55. The molecular formula is C26H34O7. The van der Waals surface area contributed by atoms with Crippen LogP contribution in [0.2, 0.25) is 0 Å². The lowest BCUT2D eigenvalue weighted by Gasteiger charge is -2.42. The van der Waals surface area contributed by atoms with Gasteiger partial charge in [0.1, 0.15) is 23.4 Å². The molecule has 0 amide bonds. The first kappa shape index (κ1) is 25.1. The topological polar surface area (TPSA) is 97.9 Å². The van der Waals surface area contributed by atoms with Crippen molar-refractivity contribution in [2.24, 2.45) is 5.92 Å². The Bertz CT molecular complexity index is 873. The fourth-order valence-electron chi connectivity index (χ4n) is 4.79. The second-order valence-corrected chi connectivity index (χ2v) is 9.18. The Balaban J connectivity index is 1.59. The zero-order valence-corrected chi connectivity index (χ0v) is 19.7. The predicted molar refractivity (Wildman–Crippen MR) is 124 cm³/mol. The fourth-order valence-corrected chi connectivity index (χ4v) is 4.79. The van der Waals surface area contributed by atoms with Gasteiger partial charge in [0.15, 0.2) is 0 Å². The molecule has 0 radical (unpaired) electrons. The third kappa shape index (κ3) is 6.31. The molecule has 0 unspecified atom stereocenters. The molecule has 3 fully saturated rings. The molecule has 1 spiro atoms. The lowest BCUT2D eigenvalue weighted by molar-refractivity contribution is -0.166. The zero-order valence-electron chi connectivity index (χ0n) is 19.7. The van der Waals surface area contributed by atoms with Crippen LogP contribution in [0.25, 0.3) is 0 Å². The first-order chi connectivity index (χ1) is 15.7. The van der Waals surface area contributed by atoms with E-state index in [1.54, 1.807) is 37.5 Å². The third-order valence-corrected chi connectivity index (χ3v) is 6.53. The molecule has 1 saturated carbocycles. The van der Waals surface area contributed by atoms with Crippen molar-refractivity contribution >= 4 is 11.9 Å². The van der Waals surface area contributed by atoms with Gasteiger partial charge in [-0.3, -0.25) is 0 Å². The van der Waals surface area contributed by atoms with Crippen LogP contribution in [0.1, 0.15) is 40.0 Å². The number of allylic oxidation sites excluding steroid dienone is 7. The van der Waals surface area contributed by atoms with Crippen molar-refractivity contribution in [2.45, 2.75) is 69.5 Å². The van der Waals surface area contributed by atoms with Crippen molar-refractivity contribution in [3.05, 3.63) is 60.3 Å². The second-order valence-electron chi connectivity index (χ2n) is 9.18. The second kappa shape index (κ2) is 10.6. The molecule has 1 N–H and O–H groups in total. The molecule has 33 heavy (non-hydrogen) atoms. The van der Waals surface area contributed by atoms with Crippen LogP contribution in [0.5, 0.6) is 0 Å². The average molecular weight is 459 g/mol. The van der Waals surface area contributed by atoms with Gasteiger partial charge in [0.2, 0.25) is 0 Å². The molecule has 7 heteroatoms. The number of carboxylic acid groups (broad SMARTS) is 1. The van der Waals surface area contributed by atoms with Crippen LogP contribution in [-0.4, -0.2) is 60.3 Å². The number of methoxy groups -OCH3 is 1. The van der Waals surface area contributed by atoms with E-state index in [1.807, 2.05) is 0 Å². The van der Waals surface area contributed by atoms with E-state index in [1.165, 1.54) is 17.7 Å². The van der Waals surface area contributed by atoms with Gasteiger partial charge in [-0.15, -0.1) is 0 Å². The molecule has 2 aliphatic heterocycles. The molecule has 6 atom stereocenters. The molecule has 0 aromatic heterocycles. The highest BCUT2D eigenvalue weighted by atomic mass is 16.6. The van der Waals surface area contributed by atoms with Crippen LogP contribution in [0.3, 0.4) is 0 Å². The summed E-state index contributed by atoms with van der Waals surface area (Å²) in [4.78, 5) is 22.8. The predicted octanol–water partition coefficient (Wildman–Crippen LogP) is 3.92. The van der Waals surface area contributed by atoms with Gasteiger partial charge >= 0.3 is 11.9 Å². The smallest absolute Gasteiger partial charge is 0.331 e.